The Balaban J connectivity index is 1.99. The topological polar surface area (TPSA) is 29.5 Å². The van der Waals surface area contributed by atoms with Gasteiger partial charge in [0.05, 0.1) is 12.7 Å². The Bertz CT molecular complexity index is 407. The van der Waals surface area contributed by atoms with E-state index in [1.165, 1.54) is 38.4 Å². The molecule has 0 spiro atoms. The summed E-state index contributed by atoms with van der Waals surface area (Å²) in [5.41, 5.74) is 1.89. The lowest BCUT2D eigenvalue weighted by atomic mass is 10.1. The average molecular weight is 261 g/mol. The molecular formula is C16H23NO2. The van der Waals surface area contributed by atoms with Gasteiger partial charge < -0.3 is 4.74 Å². The molecule has 0 amide bonds. The normalized spacial score (nSPS) is 15.9. The van der Waals surface area contributed by atoms with E-state index in [0.717, 1.165) is 19.1 Å². The number of esters is 1. The minimum atomic E-state index is -0.269. The minimum absolute atomic E-state index is 0.269. The molecule has 0 heterocycles. The van der Waals surface area contributed by atoms with E-state index in [0.29, 0.717) is 5.56 Å². The number of hydrogen-bond donors (Lipinski definition) is 0. The Morgan fingerprint density at radius 1 is 1.26 bits per heavy atom. The van der Waals surface area contributed by atoms with Crippen molar-refractivity contribution in [1.29, 1.82) is 0 Å². The van der Waals surface area contributed by atoms with Crippen LogP contribution in [0, 0.1) is 0 Å². The molecule has 0 aliphatic heterocycles. The third-order valence-electron chi connectivity index (χ3n) is 4.01. The van der Waals surface area contributed by atoms with Crippen molar-refractivity contribution in [1.82, 2.24) is 4.90 Å². The fourth-order valence-electron chi connectivity index (χ4n) is 2.87. The maximum atomic E-state index is 11.4. The number of ether oxygens (including phenoxy) is 1. The molecule has 0 bridgehead atoms. The molecule has 1 aromatic rings. The maximum absolute atomic E-state index is 11.4. The molecule has 0 aromatic heterocycles. The third kappa shape index (κ3) is 3.57. The van der Waals surface area contributed by atoms with Crippen molar-refractivity contribution in [2.24, 2.45) is 0 Å². The van der Waals surface area contributed by atoms with Gasteiger partial charge >= 0.3 is 5.97 Å². The molecule has 1 aliphatic carbocycles. The Kier molecular flexibility index (Phi) is 4.97. The van der Waals surface area contributed by atoms with Crippen LogP contribution in [-0.4, -0.2) is 30.6 Å². The minimum Gasteiger partial charge on any atom is -0.465 e. The van der Waals surface area contributed by atoms with Gasteiger partial charge in [-0.05, 0) is 37.1 Å². The highest BCUT2D eigenvalue weighted by Crippen LogP contribution is 2.24. The number of nitrogens with zero attached hydrogens (tertiary/aromatic N) is 1. The van der Waals surface area contributed by atoms with Crippen LogP contribution in [0.1, 0.15) is 48.5 Å². The number of methoxy groups -OCH3 is 1. The van der Waals surface area contributed by atoms with Crippen molar-refractivity contribution < 1.29 is 9.53 Å². The van der Waals surface area contributed by atoms with Gasteiger partial charge in [0.1, 0.15) is 0 Å². The number of hydrogen-bond acceptors (Lipinski definition) is 3. The van der Waals surface area contributed by atoms with E-state index >= 15 is 0 Å². The first-order valence-corrected chi connectivity index (χ1v) is 7.16. The molecule has 104 valence electrons. The Hall–Kier alpha value is -1.35. The first kappa shape index (κ1) is 14.1. The van der Waals surface area contributed by atoms with Crippen molar-refractivity contribution in [3.63, 3.8) is 0 Å². The van der Waals surface area contributed by atoms with Gasteiger partial charge in [-0.2, -0.15) is 0 Å². The predicted molar refractivity (Wildman–Crippen MR) is 76.1 cm³/mol. The van der Waals surface area contributed by atoms with Crippen LogP contribution in [0.3, 0.4) is 0 Å². The van der Waals surface area contributed by atoms with Crippen molar-refractivity contribution in [3.8, 4) is 0 Å². The summed E-state index contributed by atoms with van der Waals surface area (Å²) in [5, 5.41) is 0. The highest BCUT2D eigenvalue weighted by Gasteiger charge is 2.21. The number of benzene rings is 1. The summed E-state index contributed by atoms with van der Waals surface area (Å²) < 4.78 is 4.71. The molecule has 3 heteroatoms. The van der Waals surface area contributed by atoms with Gasteiger partial charge in [-0.1, -0.05) is 31.9 Å². The number of carbonyl (C=O) groups is 1. The smallest absolute Gasteiger partial charge is 0.337 e. The van der Waals surface area contributed by atoms with Gasteiger partial charge in [-0.3, -0.25) is 4.90 Å². The van der Waals surface area contributed by atoms with Gasteiger partial charge in [-0.25, -0.2) is 4.79 Å². The molecule has 1 aromatic carbocycles. The highest BCUT2D eigenvalue weighted by molar-refractivity contribution is 5.89. The fourth-order valence-corrected chi connectivity index (χ4v) is 2.87. The van der Waals surface area contributed by atoms with E-state index in [9.17, 15) is 4.79 Å². The van der Waals surface area contributed by atoms with Gasteiger partial charge in [-0.15, -0.1) is 0 Å². The lowest BCUT2D eigenvalue weighted by molar-refractivity contribution is 0.0600. The molecule has 1 fully saturated rings. The zero-order valence-electron chi connectivity index (χ0n) is 11.9. The summed E-state index contributed by atoms with van der Waals surface area (Å²) in [7, 11) is 1.41. The third-order valence-corrected chi connectivity index (χ3v) is 4.01. The summed E-state index contributed by atoms with van der Waals surface area (Å²) in [6.07, 6.45) is 5.38. The van der Waals surface area contributed by atoms with Gasteiger partial charge in [0, 0.05) is 12.6 Å². The molecule has 1 aliphatic rings. The summed E-state index contributed by atoms with van der Waals surface area (Å²) in [6.45, 7) is 4.28. The van der Waals surface area contributed by atoms with Crippen LogP contribution in [-0.2, 0) is 11.3 Å². The first-order valence-electron chi connectivity index (χ1n) is 7.16. The second-order valence-electron chi connectivity index (χ2n) is 5.19. The molecule has 0 radical (unpaired) electrons. The van der Waals surface area contributed by atoms with Crippen LogP contribution in [0.2, 0.25) is 0 Å². The Morgan fingerprint density at radius 2 is 1.89 bits per heavy atom. The lowest BCUT2D eigenvalue weighted by Gasteiger charge is -2.27. The van der Waals surface area contributed by atoms with Crippen molar-refractivity contribution in [2.45, 2.75) is 45.2 Å². The molecule has 1 saturated carbocycles. The van der Waals surface area contributed by atoms with Gasteiger partial charge in [0.15, 0.2) is 0 Å². The molecular weight excluding hydrogens is 238 g/mol. The van der Waals surface area contributed by atoms with Crippen molar-refractivity contribution >= 4 is 5.97 Å². The van der Waals surface area contributed by atoms with Crippen molar-refractivity contribution in [3.05, 3.63) is 35.4 Å². The van der Waals surface area contributed by atoms with Crippen LogP contribution in [0.25, 0.3) is 0 Å². The molecule has 19 heavy (non-hydrogen) atoms. The van der Waals surface area contributed by atoms with Crippen LogP contribution >= 0.6 is 0 Å². The predicted octanol–water partition coefficient (Wildman–Crippen LogP) is 3.24. The van der Waals surface area contributed by atoms with E-state index < -0.39 is 0 Å². The second-order valence-corrected chi connectivity index (χ2v) is 5.19. The fraction of sp³-hybridized carbons (Fsp3) is 0.562. The van der Waals surface area contributed by atoms with E-state index in [1.807, 2.05) is 24.3 Å². The summed E-state index contributed by atoms with van der Waals surface area (Å²) in [4.78, 5) is 13.9. The van der Waals surface area contributed by atoms with E-state index in [1.54, 1.807) is 0 Å². The zero-order chi connectivity index (χ0) is 13.7. The largest absolute Gasteiger partial charge is 0.465 e. The molecule has 0 saturated heterocycles. The van der Waals surface area contributed by atoms with E-state index in [2.05, 4.69) is 11.8 Å². The second kappa shape index (κ2) is 6.71. The van der Waals surface area contributed by atoms with Crippen molar-refractivity contribution in [2.75, 3.05) is 13.7 Å². The standard InChI is InChI=1S/C16H23NO2/c1-3-17(15-6-4-5-7-15)12-13-8-10-14(11-9-13)16(18)19-2/h8-11,15H,3-7,12H2,1-2H3. The molecule has 0 N–H and O–H groups in total. The van der Waals surface area contributed by atoms with Crippen LogP contribution in [0.5, 0.6) is 0 Å². The molecule has 0 unspecified atom stereocenters. The maximum Gasteiger partial charge on any atom is 0.337 e. The van der Waals surface area contributed by atoms with E-state index in [-0.39, 0.29) is 5.97 Å². The molecule has 0 atom stereocenters. The monoisotopic (exact) mass is 261 g/mol. The summed E-state index contributed by atoms with van der Waals surface area (Å²) in [6, 6.07) is 8.51. The zero-order valence-corrected chi connectivity index (χ0v) is 11.9. The summed E-state index contributed by atoms with van der Waals surface area (Å²) in [5.74, 6) is -0.269. The SMILES string of the molecule is CCN(Cc1ccc(C(=O)OC)cc1)C1CCCC1. The summed E-state index contributed by atoms with van der Waals surface area (Å²) >= 11 is 0. The first-order chi connectivity index (χ1) is 9.24. The average Bonchev–Trinajstić information content (AvgIpc) is 2.98. The van der Waals surface area contributed by atoms with Crippen LogP contribution < -0.4 is 0 Å². The Morgan fingerprint density at radius 3 is 2.42 bits per heavy atom. The lowest BCUT2D eigenvalue weighted by Crippen LogP contribution is -2.32. The van der Waals surface area contributed by atoms with Crippen LogP contribution in [0.4, 0.5) is 0 Å². The quantitative estimate of drug-likeness (QED) is 0.762. The van der Waals surface area contributed by atoms with E-state index in [4.69, 9.17) is 4.74 Å². The Labute approximate surface area is 115 Å². The van der Waals surface area contributed by atoms with Gasteiger partial charge in [0.25, 0.3) is 0 Å². The van der Waals surface area contributed by atoms with Gasteiger partial charge in [0.2, 0.25) is 0 Å². The molecule has 3 nitrogen and oxygen atoms in total. The van der Waals surface area contributed by atoms with Crippen LogP contribution in [0.15, 0.2) is 24.3 Å². The number of carbonyl (C=O) groups excluding carboxylic acids is 1. The number of rotatable bonds is 5. The highest BCUT2D eigenvalue weighted by atomic mass is 16.5. The molecule has 2 rings (SSSR count).